The van der Waals surface area contributed by atoms with Gasteiger partial charge in [0.25, 0.3) is 0 Å². The summed E-state index contributed by atoms with van der Waals surface area (Å²) >= 11 is 12.0. The molecule has 2 rings (SSSR count). The number of aryl methyl sites for hydroxylation is 1. The van der Waals surface area contributed by atoms with Crippen LogP contribution in [0.5, 0.6) is 0 Å². The summed E-state index contributed by atoms with van der Waals surface area (Å²) in [4.78, 5) is 11.1. The molecule has 1 amide bonds. The number of hydrogen-bond acceptors (Lipinski definition) is 2. The average molecular weight is 284 g/mol. The molecule has 0 spiro atoms. The van der Waals surface area contributed by atoms with Gasteiger partial charge in [-0.2, -0.15) is 5.10 Å². The molecule has 1 aromatic heterocycles. The molecule has 0 bridgehead atoms. The molecule has 1 N–H and O–H groups in total. The SMILES string of the molecule is CC(=O)Nc1c(Cl)c(-c2ccc(Cl)cc2)nn1C. The average Bonchev–Trinajstić information content (AvgIpc) is 2.58. The molecular weight excluding hydrogens is 273 g/mol. The second kappa shape index (κ2) is 5.00. The summed E-state index contributed by atoms with van der Waals surface area (Å²) < 4.78 is 1.54. The fourth-order valence-corrected chi connectivity index (χ4v) is 2.04. The van der Waals surface area contributed by atoms with Crippen molar-refractivity contribution in [3.63, 3.8) is 0 Å². The zero-order chi connectivity index (χ0) is 13.3. The summed E-state index contributed by atoms with van der Waals surface area (Å²) in [5.41, 5.74) is 1.45. The minimum absolute atomic E-state index is 0.192. The standard InChI is InChI=1S/C12H11Cl2N3O/c1-7(18)15-12-10(14)11(16-17(12)2)8-3-5-9(13)6-4-8/h3-6H,1-2H3,(H,15,18). The number of benzene rings is 1. The molecule has 0 saturated carbocycles. The smallest absolute Gasteiger partial charge is 0.222 e. The molecule has 0 radical (unpaired) electrons. The van der Waals surface area contributed by atoms with Gasteiger partial charge in [0, 0.05) is 24.6 Å². The first kappa shape index (κ1) is 12.9. The predicted molar refractivity (Wildman–Crippen MR) is 73.0 cm³/mol. The van der Waals surface area contributed by atoms with Gasteiger partial charge >= 0.3 is 0 Å². The number of aromatic nitrogens is 2. The Kier molecular flexibility index (Phi) is 3.59. The van der Waals surface area contributed by atoms with Crippen molar-refractivity contribution in [3.8, 4) is 11.3 Å². The number of nitrogens with one attached hydrogen (secondary N) is 1. The third-order valence-electron chi connectivity index (χ3n) is 2.40. The third-order valence-corrected chi connectivity index (χ3v) is 3.01. The molecule has 94 valence electrons. The first-order chi connectivity index (χ1) is 8.49. The lowest BCUT2D eigenvalue weighted by molar-refractivity contribution is -0.114. The minimum atomic E-state index is -0.192. The first-order valence-electron chi connectivity index (χ1n) is 5.25. The van der Waals surface area contributed by atoms with E-state index in [1.165, 1.54) is 11.6 Å². The van der Waals surface area contributed by atoms with Crippen LogP contribution in [0, 0.1) is 0 Å². The quantitative estimate of drug-likeness (QED) is 0.919. The highest BCUT2D eigenvalue weighted by molar-refractivity contribution is 6.36. The fourth-order valence-electron chi connectivity index (χ4n) is 1.59. The molecule has 4 nitrogen and oxygen atoms in total. The normalized spacial score (nSPS) is 10.4. The second-order valence-electron chi connectivity index (χ2n) is 3.82. The Morgan fingerprint density at radius 1 is 1.28 bits per heavy atom. The van der Waals surface area contributed by atoms with Crippen molar-refractivity contribution in [2.24, 2.45) is 7.05 Å². The number of carbonyl (C=O) groups is 1. The molecule has 0 aliphatic carbocycles. The molecule has 0 atom stereocenters. The summed E-state index contributed by atoms with van der Waals surface area (Å²) in [6, 6.07) is 7.18. The van der Waals surface area contributed by atoms with Crippen LogP contribution in [-0.2, 0) is 11.8 Å². The zero-order valence-electron chi connectivity index (χ0n) is 9.87. The summed E-state index contributed by atoms with van der Waals surface area (Å²) in [7, 11) is 1.72. The van der Waals surface area contributed by atoms with Crippen molar-refractivity contribution in [2.45, 2.75) is 6.92 Å². The van der Waals surface area contributed by atoms with E-state index in [1.807, 2.05) is 12.1 Å². The maximum absolute atomic E-state index is 11.1. The van der Waals surface area contributed by atoms with Crippen LogP contribution in [0.25, 0.3) is 11.3 Å². The van der Waals surface area contributed by atoms with Crippen molar-refractivity contribution in [1.29, 1.82) is 0 Å². The van der Waals surface area contributed by atoms with Crippen molar-refractivity contribution in [2.75, 3.05) is 5.32 Å². The predicted octanol–water partition coefficient (Wildman–Crippen LogP) is 3.35. The molecule has 0 unspecified atom stereocenters. The first-order valence-corrected chi connectivity index (χ1v) is 6.00. The van der Waals surface area contributed by atoms with Gasteiger partial charge in [0.05, 0.1) is 0 Å². The lowest BCUT2D eigenvalue weighted by atomic mass is 10.1. The van der Waals surface area contributed by atoms with Crippen LogP contribution < -0.4 is 5.32 Å². The van der Waals surface area contributed by atoms with E-state index in [0.717, 1.165) is 5.56 Å². The Balaban J connectivity index is 2.46. The number of anilines is 1. The number of amides is 1. The Bertz CT molecular complexity index is 590. The highest BCUT2D eigenvalue weighted by Gasteiger charge is 2.16. The van der Waals surface area contributed by atoms with Gasteiger partial charge < -0.3 is 5.32 Å². The van der Waals surface area contributed by atoms with E-state index < -0.39 is 0 Å². The Labute approximate surface area is 115 Å². The Morgan fingerprint density at radius 2 is 1.89 bits per heavy atom. The summed E-state index contributed by atoms with van der Waals surface area (Å²) in [5, 5.41) is 7.99. The molecule has 0 aliphatic heterocycles. The topological polar surface area (TPSA) is 46.9 Å². The third kappa shape index (κ3) is 2.49. The molecule has 1 heterocycles. The number of hydrogen-bond donors (Lipinski definition) is 1. The Morgan fingerprint density at radius 3 is 2.44 bits per heavy atom. The summed E-state index contributed by atoms with van der Waals surface area (Å²) in [6.07, 6.45) is 0. The van der Waals surface area contributed by atoms with Gasteiger partial charge in [-0.15, -0.1) is 0 Å². The van der Waals surface area contributed by atoms with Crippen molar-refractivity contribution < 1.29 is 4.79 Å². The molecule has 0 aliphatic rings. The van der Waals surface area contributed by atoms with Crippen LogP contribution >= 0.6 is 23.2 Å². The molecular formula is C12H11Cl2N3O. The molecule has 18 heavy (non-hydrogen) atoms. The van der Waals surface area contributed by atoms with Crippen LogP contribution in [0.15, 0.2) is 24.3 Å². The fraction of sp³-hybridized carbons (Fsp3) is 0.167. The highest BCUT2D eigenvalue weighted by Crippen LogP contribution is 2.33. The number of rotatable bonds is 2. The van der Waals surface area contributed by atoms with Crippen LogP contribution in [-0.4, -0.2) is 15.7 Å². The van der Waals surface area contributed by atoms with Crippen molar-refractivity contribution in [3.05, 3.63) is 34.3 Å². The molecule has 2 aromatic rings. The van der Waals surface area contributed by atoms with E-state index in [4.69, 9.17) is 23.2 Å². The van der Waals surface area contributed by atoms with Gasteiger partial charge in [0.2, 0.25) is 5.91 Å². The van der Waals surface area contributed by atoms with Gasteiger partial charge in [-0.3, -0.25) is 9.48 Å². The molecule has 1 aromatic carbocycles. The van der Waals surface area contributed by atoms with Crippen LogP contribution in [0.3, 0.4) is 0 Å². The lowest BCUT2D eigenvalue weighted by Gasteiger charge is -2.01. The van der Waals surface area contributed by atoms with Crippen LogP contribution in [0.1, 0.15) is 6.92 Å². The number of halogens is 2. The zero-order valence-corrected chi connectivity index (χ0v) is 11.4. The maximum atomic E-state index is 11.1. The Hall–Kier alpha value is -1.52. The summed E-state index contributed by atoms with van der Waals surface area (Å²) in [5.74, 6) is 0.289. The van der Waals surface area contributed by atoms with E-state index in [2.05, 4.69) is 10.4 Å². The minimum Gasteiger partial charge on any atom is -0.310 e. The van der Waals surface area contributed by atoms with E-state index >= 15 is 0 Å². The van der Waals surface area contributed by atoms with E-state index in [-0.39, 0.29) is 5.91 Å². The van der Waals surface area contributed by atoms with Gasteiger partial charge in [-0.25, -0.2) is 0 Å². The highest BCUT2D eigenvalue weighted by atomic mass is 35.5. The summed E-state index contributed by atoms with van der Waals surface area (Å²) in [6.45, 7) is 1.42. The van der Waals surface area contributed by atoms with Gasteiger partial charge in [-0.1, -0.05) is 35.3 Å². The van der Waals surface area contributed by atoms with E-state index in [1.54, 1.807) is 19.2 Å². The molecule has 6 heteroatoms. The molecule has 0 saturated heterocycles. The number of carbonyl (C=O) groups excluding carboxylic acids is 1. The van der Waals surface area contributed by atoms with Gasteiger partial charge in [-0.05, 0) is 12.1 Å². The lowest BCUT2D eigenvalue weighted by Crippen LogP contribution is -2.10. The maximum Gasteiger partial charge on any atom is 0.222 e. The monoisotopic (exact) mass is 283 g/mol. The number of nitrogens with zero attached hydrogens (tertiary/aromatic N) is 2. The largest absolute Gasteiger partial charge is 0.310 e. The van der Waals surface area contributed by atoms with Crippen molar-refractivity contribution in [1.82, 2.24) is 9.78 Å². The second-order valence-corrected chi connectivity index (χ2v) is 4.64. The van der Waals surface area contributed by atoms with Gasteiger partial charge in [0.15, 0.2) is 0 Å². The van der Waals surface area contributed by atoms with Crippen LogP contribution in [0.2, 0.25) is 10.0 Å². The molecule has 0 fully saturated rings. The van der Waals surface area contributed by atoms with Crippen LogP contribution in [0.4, 0.5) is 5.82 Å². The van der Waals surface area contributed by atoms with E-state index in [9.17, 15) is 4.79 Å². The van der Waals surface area contributed by atoms with Gasteiger partial charge in [0.1, 0.15) is 16.5 Å². The van der Waals surface area contributed by atoms with E-state index in [0.29, 0.717) is 21.6 Å². The van der Waals surface area contributed by atoms with Crippen molar-refractivity contribution >= 4 is 34.9 Å².